The Morgan fingerprint density at radius 1 is 0.844 bits per heavy atom. The number of benzene rings is 2. The molecule has 5 nitrogen and oxygen atoms in total. The molecular weight excluding hydrogens is 418 g/mol. The van der Waals surface area contributed by atoms with Gasteiger partial charge in [0.05, 0.1) is 10.6 Å². The predicted molar refractivity (Wildman–Crippen MR) is 134 cm³/mol. The first kappa shape index (κ1) is 26.0. The minimum Gasteiger partial charge on any atom is -0.375 e. The third-order valence-electron chi connectivity index (χ3n) is 5.89. The Kier molecular flexibility index (Phi) is 11.4. The maximum atomic E-state index is 13.0. The van der Waals surface area contributed by atoms with Crippen LogP contribution in [0.5, 0.6) is 0 Å². The standard InChI is InChI=1S/C26H39N3O2S/c1-3-4-5-6-7-8-9-10-11-15-20-29(2)24-18-19-25(28-27)26(21-24)32(30,31)22-23-16-13-12-14-17-23/h12-14,16-19,21,27H,3-11,15,20,22H2,1-2H3. The molecule has 0 atom stereocenters. The molecule has 32 heavy (non-hydrogen) atoms. The molecule has 0 radical (unpaired) electrons. The van der Waals surface area contributed by atoms with Crippen LogP contribution in [0.4, 0.5) is 11.4 Å². The normalized spacial score (nSPS) is 11.4. The Bertz CT molecular complexity index is 914. The molecule has 0 bridgehead atoms. The van der Waals surface area contributed by atoms with Gasteiger partial charge in [-0.25, -0.2) is 13.9 Å². The molecule has 1 N–H and O–H groups in total. The third kappa shape index (κ3) is 8.73. The van der Waals surface area contributed by atoms with E-state index in [1.54, 1.807) is 24.3 Å². The monoisotopic (exact) mass is 457 g/mol. The number of nitrogens with one attached hydrogen (secondary N) is 1. The zero-order valence-corrected chi connectivity index (χ0v) is 20.5. The molecule has 0 aromatic heterocycles. The minimum absolute atomic E-state index is 0.0953. The van der Waals surface area contributed by atoms with Gasteiger partial charge in [-0.3, -0.25) is 0 Å². The number of unbranched alkanes of at least 4 members (excludes halogenated alkanes) is 9. The van der Waals surface area contributed by atoms with Crippen molar-refractivity contribution in [2.24, 2.45) is 5.11 Å². The molecule has 0 aliphatic carbocycles. The summed E-state index contributed by atoms with van der Waals surface area (Å²) in [5.74, 6) is -0.0953. The summed E-state index contributed by atoms with van der Waals surface area (Å²) in [4.78, 5) is 2.23. The summed E-state index contributed by atoms with van der Waals surface area (Å²) >= 11 is 0. The lowest BCUT2D eigenvalue weighted by atomic mass is 10.1. The fraction of sp³-hybridized carbons (Fsp3) is 0.538. The molecule has 2 rings (SSSR count). The quantitative estimate of drug-likeness (QED) is 0.207. The van der Waals surface area contributed by atoms with E-state index in [9.17, 15) is 8.42 Å². The summed E-state index contributed by atoms with van der Waals surface area (Å²) in [6.45, 7) is 3.13. The van der Waals surface area contributed by atoms with E-state index < -0.39 is 9.84 Å². The molecule has 2 aromatic rings. The lowest BCUT2D eigenvalue weighted by molar-refractivity contribution is 0.556. The third-order valence-corrected chi connectivity index (χ3v) is 7.60. The summed E-state index contributed by atoms with van der Waals surface area (Å²) in [5, 5.41) is 3.46. The van der Waals surface area contributed by atoms with Gasteiger partial charge in [0.1, 0.15) is 5.69 Å². The van der Waals surface area contributed by atoms with Gasteiger partial charge in [-0.2, -0.15) is 5.11 Å². The predicted octanol–water partition coefficient (Wildman–Crippen LogP) is 7.68. The van der Waals surface area contributed by atoms with Crippen molar-refractivity contribution in [1.29, 1.82) is 5.53 Å². The molecule has 2 aromatic carbocycles. The van der Waals surface area contributed by atoms with Crippen LogP contribution in [0.15, 0.2) is 58.5 Å². The molecule has 176 valence electrons. The molecule has 0 aliphatic rings. The Morgan fingerprint density at radius 2 is 1.44 bits per heavy atom. The maximum Gasteiger partial charge on any atom is 0.184 e. The highest BCUT2D eigenvalue weighted by molar-refractivity contribution is 7.90. The van der Waals surface area contributed by atoms with E-state index in [4.69, 9.17) is 5.53 Å². The number of nitrogens with zero attached hydrogens (tertiary/aromatic N) is 2. The van der Waals surface area contributed by atoms with Crippen LogP contribution in [-0.4, -0.2) is 22.0 Å². The SMILES string of the molecule is CCCCCCCCCCCCN(C)c1ccc(N=N)c(S(=O)(=O)Cc2ccccc2)c1. The largest absolute Gasteiger partial charge is 0.375 e. The van der Waals surface area contributed by atoms with Crippen molar-refractivity contribution in [3.8, 4) is 0 Å². The highest BCUT2D eigenvalue weighted by atomic mass is 32.2. The Morgan fingerprint density at radius 3 is 2.03 bits per heavy atom. The average molecular weight is 458 g/mol. The van der Waals surface area contributed by atoms with Crippen LogP contribution in [0.25, 0.3) is 0 Å². The molecule has 0 spiro atoms. The van der Waals surface area contributed by atoms with Crippen molar-refractivity contribution in [1.82, 2.24) is 0 Å². The molecule has 0 saturated heterocycles. The molecule has 0 aliphatic heterocycles. The lowest BCUT2D eigenvalue weighted by Crippen LogP contribution is -2.19. The first-order valence-corrected chi connectivity index (χ1v) is 13.6. The van der Waals surface area contributed by atoms with Gasteiger partial charge in [-0.15, -0.1) is 0 Å². The number of sulfone groups is 1. The number of anilines is 1. The molecule has 0 saturated carbocycles. The van der Waals surface area contributed by atoms with Crippen LogP contribution in [0.2, 0.25) is 0 Å². The first-order valence-electron chi connectivity index (χ1n) is 12.0. The Labute approximate surface area is 194 Å². The maximum absolute atomic E-state index is 13.0. The molecule has 0 fully saturated rings. The van der Waals surface area contributed by atoms with Gasteiger partial charge in [0.15, 0.2) is 9.84 Å². The van der Waals surface area contributed by atoms with Crippen LogP contribution in [0, 0.1) is 5.53 Å². The second-order valence-electron chi connectivity index (χ2n) is 8.61. The average Bonchev–Trinajstić information content (AvgIpc) is 2.80. The van der Waals surface area contributed by atoms with Crippen molar-refractivity contribution in [2.45, 2.75) is 81.8 Å². The number of hydrogen-bond donors (Lipinski definition) is 1. The topological polar surface area (TPSA) is 73.6 Å². The summed E-state index contributed by atoms with van der Waals surface area (Å²) < 4.78 is 26.1. The van der Waals surface area contributed by atoms with E-state index in [2.05, 4.69) is 16.9 Å². The smallest absolute Gasteiger partial charge is 0.184 e. The van der Waals surface area contributed by atoms with Crippen molar-refractivity contribution in [3.63, 3.8) is 0 Å². The van der Waals surface area contributed by atoms with Crippen LogP contribution < -0.4 is 4.90 Å². The van der Waals surface area contributed by atoms with E-state index in [0.29, 0.717) is 0 Å². The van der Waals surface area contributed by atoms with Gasteiger partial charge in [0.25, 0.3) is 0 Å². The van der Waals surface area contributed by atoms with Crippen molar-refractivity contribution >= 4 is 21.2 Å². The van der Waals surface area contributed by atoms with Crippen LogP contribution in [-0.2, 0) is 15.6 Å². The van der Waals surface area contributed by atoms with E-state index >= 15 is 0 Å². The molecular formula is C26H39N3O2S. The molecule has 0 unspecified atom stereocenters. The Hall–Kier alpha value is -2.21. The summed E-state index contributed by atoms with van der Waals surface area (Å²) in [7, 11) is -1.60. The van der Waals surface area contributed by atoms with Gasteiger partial charge in [0.2, 0.25) is 0 Å². The highest BCUT2D eigenvalue weighted by Crippen LogP contribution is 2.31. The van der Waals surface area contributed by atoms with E-state index in [1.165, 1.54) is 57.8 Å². The van der Waals surface area contributed by atoms with Gasteiger partial charge in [0, 0.05) is 19.3 Å². The van der Waals surface area contributed by atoms with E-state index in [0.717, 1.165) is 24.2 Å². The summed E-state index contributed by atoms with van der Waals surface area (Å²) in [6.07, 6.45) is 12.9. The van der Waals surface area contributed by atoms with Gasteiger partial charge >= 0.3 is 0 Å². The number of hydrogen-bond acceptors (Lipinski definition) is 5. The van der Waals surface area contributed by atoms with Crippen molar-refractivity contribution in [2.75, 3.05) is 18.5 Å². The number of rotatable bonds is 16. The van der Waals surface area contributed by atoms with Gasteiger partial charge in [-0.05, 0) is 30.2 Å². The van der Waals surface area contributed by atoms with E-state index in [1.807, 2.05) is 31.3 Å². The summed E-state index contributed by atoms with van der Waals surface area (Å²) in [6, 6.07) is 14.3. The van der Waals surface area contributed by atoms with Crippen molar-refractivity contribution in [3.05, 3.63) is 54.1 Å². The second kappa shape index (κ2) is 14.0. The summed E-state index contributed by atoms with van der Waals surface area (Å²) in [5.41, 5.74) is 9.18. The van der Waals surface area contributed by atoms with Crippen LogP contribution in [0.1, 0.15) is 76.7 Å². The van der Waals surface area contributed by atoms with Gasteiger partial charge < -0.3 is 4.90 Å². The van der Waals surface area contributed by atoms with Crippen LogP contribution in [0.3, 0.4) is 0 Å². The molecule has 0 heterocycles. The fourth-order valence-corrected chi connectivity index (χ4v) is 5.44. The zero-order chi connectivity index (χ0) is 23.2. The first-order chi connectivity index (χ1) is 15.5. The molecule has 6 heteroatoms. The minimum atomic E-state index is -3.60. The molecule has 0 amide bonds. The Balaban J connectivity index is 1.87. The second-order valence-corrected chi connectivity index (χ2v) is 10.6. The lowest BCUT2D eigenvalue weighted by Gasteiger charge is -2.20. The van der Waals surface area contributed by atoms with Gasteiger partial charge in [-0.1, -0.05) is 95.0 Å². The van der Waals surface area contributed by atoms with Crippen molar-refractivity contribution < 1.29 is 8.42 Å². The zero-order valence-electron chi connectivity index (χ0n) is 19.7. The van der Waals surface area contributed by atoms with Crippen LogP contribution >= 0.6 is 0 Å². The highest BCUT2D eigenvalue weighted by Gasteiger charge is 2.21. The fourth-order valence-electron chi connectivity index (χ4n) is 3.92. The van der Waals surface area contributed by atoms with E-state index in [-0.39, 0.29) is 16.3 Å².